The highest BCUT2D eigenvalue weighted by Crippen LogP contribution is 2.17. The van der Waals surface area contributed by atoms with E-state index >= 15 is 0 Å². The van der Waals surface area contributed by atoms with Crippen LogP contribution in [0.5, 0.6) is 0 Å². The summed E-state index contributed by atoms with van der Waals surface area (Å²) in [6.07, 6.45) is 0.880. The second-order valence-corrected chi connectivity index (χ2v) is 5.00. The van der Waals surface area contributed by atoms with Gasteiger partial charge < -0.3 is 9.64 Å². The number of aliphatic imine (C=N–C) groups is 1. The number of methoxy groups -OCH3 is 1. The minimum Gasteiger partial charge on any atom is -0.385 e. The third-order valence-corrected chi connectivity index (χ3v) is 3.40. The fraction of sp³-hybridized carbons (Fsp3) is 0.462. The molecule has 1 rings (SSSR count). The lowest BCUT2D eigenvalue weighted by Crippen LogP contribution is -2.42. The van der Waals surface area contributed by atoms with Crippen molar-refractivity contribution < 1.29 is 4.74 Å². The van der Waals surface area contributed by atoms with Crippen molar-refractivity contribution in [2.24, 2.45) is 10.8 Å². The maximum atomic E-state index is 5.51. The Bertz CT molecular complexity index is 411. The highest BCUT2D eigenvalue weighted by Gasteiger charge is 2.07. The minimum atomic E-state index is 0.673. The van der Waals surface area contributed by atoms with Crippen molar-refractivity contribution in [2.75, 3.05) is 27.3 Å². The molecule has 6 heteroatoms. The minimum absolute atomic E-state index is 0.673. The van der Waals surface area contributed by atoms with Crippen LogP contribution >= 0.6 is 15.9 Å². The lowest BCUT2D eigenvalue weighted by atomic mass is 10.2. The van der Waals surface area contributed by atoms with Crippen molar-refractivity contribution in [3.63, 3.8) is 0 Å². The van der Waals surface area contributed by atoms with E-state index in [1.165, 1.54) is 5.56 Å². The molecule has 0 aromatic heterocycles. The summed E-state index contributed by atoms with van der Waals surface area (Å²) in [6, 6.07) is 8.10. The maximum absolute atomic E-state index is 5.51. The zero-order chi connectivity index (χ0) is 14.1. The van der Waals surface area contributed by atoms with Gasteiger partial charge in [0.25, 0.3) is 0 Å². The Kier molecular flexibility index (Phi) is 7.47. The molecule has 0 fully saturated rings. The monoisotopic (exact) mass is 328 g/mol. The SMILES string of the molecule is COCCCN=C(NN)N(C)Cc1ccccc1Br. The van der Waals surface area contributed by atoms with Gasteiger partial charge in [0.15, 0.2) is 0 Å². The van der Waals surface area contributed by atoms with Crippen molar-refractivity contribution in [1.29, 1.82) is 0 Å². The van der Waals surface area contributed by atoms with Crippen molar-refractivity contribution in [3.8, 4) is 0 Å². The van der Waals surface area contributed by atoms with Gasteiger partial charge >= 0.3 is 0 Å². The van der Waals surface area contributed by atoms with Crippen LogP contribution < -0.4 is 11.3 Å². The summed E-state index contributed by atoms with van der Waals surface area (Å²) in [5.74, 6) is 6.19. The van der Waals surface area contributed by atoms with E-state index in [9.17, 15) is 0 Å². The molecule has 0 unspecified atom stereocenters. The molecule has 0 saturated carbocycles. The van der Waals surface area contributed by atoms with Gasteiger partial charge in [0, 0.05) is 38.3 Å². The van der Waals surface area contributed by atoms with Crippen LogP contribution in [0.3, 0.4) is 0 Å². The molecular formula is C13H21BrN4O. The van der Waals surface area contributed by atoms with E-state index in [1.807, 2.05) is 30.1 Å². The van der Waals surface area contributed by atoms with Gasteiger partial charge in [-0.3, -0.25) is 10.4 Å². The van der Waals surface area contributed by atoms with E-state index < -0.39 is 0 Å². The predicted molar refractivity (Wildman–Crippen MR) is 81.7 cm³/mol. The van der Waals surface area contributed by atoms with Crippen molar-refractivity contribution in [1.82, 2.24) is 10.3 Å². The van der Waals surface area contributed by atoms with Crippen LogP contribution in [-0.2, 0) is 11.3 Å². The summed E-state index contributed by atoms with van der Waals surface area (Å²) in [5.41, 5.74) is 3.82. The zero-order valence-corrected chi connectivity index (χ0v) is 13.0. The zero-order valence-electron chi connectivity index (χ0n) is 11.4. The first-order chi connectivity index (χ1) is 9.19. The fourth-order valence-electron chi connectivity index (χ4n) is 1.63. The molecule has 1 aromatic carbocycles. The molecule has 0 heterocycles. The average molecular weight is 329 g/mol. The molecule has 0 radical (unpaired) electrons. The normalized spacial score (nSPS) is 11.5. The highest BCUT2D eigenvalue weighted by atomic mass is 79.9. The molecule has 0 aliphatic heterocycles. The van der Waals surface area contributed by atoms with E-state index in [1.54, 1.807) is 7.11 Å². The van der Waals surface area contributed by atoms with Crippen LogP contribution in [0.1, 0.15) is 12.0 Å². The molecule has 0 atom stereocenters. The second-order valence-electron chi connectivity index (χ2n) is 4.14. The van der Waals surface area contributed by atoms with E-state index in [0.29, 0.717) is 19.1 Å². The van der Waals surface area contributed by atoms with E-state index in [-0.39, 0.29) is 0 Å². The molecule has 0 spiro atoms. The van der Waals surface area contributed by atoms with Crippen molar-refractivity contribution in [3.05, 3.63) is 34.3 Å². The molecule has 0 aliphatic carbocycles. The number of hydrogen-bond donors (Lipinski definition) is 2. The highest BCUT2D eigenvalue weighted by molar-refractivity contribution is 9.10. The molecule has 1 aromatic rings. The molecule has 19 heavy (non-hydrogen) atoms. The molecule has 0 amide bonds. The Morgan fingerprint density at radius 1 is 1.47 bits per heavy atom. The van der Waals surface area contributed by atoms with Crippen molar-refractivity contribution >= 4 is 21.9 Å². The number of ether oxygens (including phenoxy) is 1. The first-order valence-corrected chi connectivity index (χ1v) is 6.93. The number of rotatable bonds is 6. The Morgan fingerprint density at radius 2 is 2.21 bits per heavy atom. The van der Waals surface area contributed by atoms with Crippen LogP contribution in [0, 0.1) is 0 Å². The lowest BCUT2D eigenvalue weighted by Gasteiger charge is -2.21. The average Bonchev–Trinajstić information content (AvgIpc) is 2.41. The lowest BCUT2D eigenvalue weighted by molar-refractivity contribution is 0.197. The smallest absolute Gasteiger partial charge is 0.208 e. The van der Waals surface area contributed by atoms with E-state index in [0.717, 1.165) is 17.4 Å². The third kappa shape index (κ3) is 5.59. The Hall–Kier alpha value is -1.11. The maximum Gasteiger partial charge on any atom is 0.208 e. The van der Waals surface area contributed by atoms with Crippen LogP contribution in [0.4, 0.5) is 0 Å². The predicted octanol–water partition coefficient (Wildman–Crippen LogP) is 1.74. The molecule has 0 aliphatic rings. The molecule has 0 bridgehead atoms. The number of guanidine groups is 1. The summed E-state index contributed by atoms with van der Waals surface area (Å²) in [6.45, 7) is 2.12. The first-order valence-electron chi connectivity index (χ1n) is 6.13. The van der Waals surface area contributed by atoms with Gasteiger partial charge in [-0.15, -0.1) is 0 Å². The fourth-order valence-corrected chi connectivity index (χ4v) is 2.04. The standard InChI is InChI=1S/C13H21BrN4O/c1-18(10-11-6-3-4-7-12(11)14)13(17-15)16-8-5-9-19-2/h3-4,6-7H,5,8-10,15H2,1-2H3,(H,16,17). The largest absolute Gasteiger partial charge is 0.385 e. The number of nitrogens with zero attached hydrogens (tertiary/aromatic N) is 2. The van der Waals surface area contributed by atoms with Gasteiger partial charge in [-0.1, -0.05) is 34.1 Å². The second kappa shape index (κ2) is 8.90. The quantitative estimate of drug-likeness (QED) is 0.274. The van der Waals surface area contributed by atoms with Gasteiger partial charge in [-0.25, -0.2) is 5.84 Å². The van der Waals surface area contributed by atoms with Gasteiger partial charge in [0.2, 0.25) is 5.96 Å². The van der Waals surface area contributed by atoms with E-state index in [2.05, 4.69) is 32.4 Å². The summed E-state index contributed by atoms with van der Waals surface area (Å²) < 4.78 is 6.07. The van der Waals surface area contributed by atoms with Gasteiger partial charge in [0.1, 0.15) is 0 Å². The number of nitrogens with one attached hydrogen (secondary N) is 1. The van der Waals surface area contributed by atoms with Crippen LogP contribution in [0.2, 0.25) is 0 Å². The number of hydrogen-bond acceptors (Lipinski definition) is 3. The summed E-state index contributed by atoms with van der Waals surface area (Å²) in [7, 11) is 3.64. The Balaban J connectivity index is 2.58. The molecule has 3 N–H and O–H groups in total. The Morgan fingerprint density at radius 3 is 2.84 bits per heavy atom. The van der Waals surface area contributed by atoms with E-state index in [4.69, 9.17) is 10.6 Å². The molecule has 0 saturated heterocycles. The Labute approximate surface area is 122 Å². The summed E-state index contributed by atoms with van der Waals surface area (Å²) >= 11 is 3.53. The topological polar surface area (TPSA) is 62.9 Å². The van der Waals surface area contributed by atoms with Crippen LogP contribution in [0.25, 0.3) is 0 Å². The van der Waals surface area contributed by atoms with Gasteiger partial charge in [0.05, 0.1) is 0 Å². The van der Waals surface area contributed by atoms with Crippen molar-refractivity contribution in [2.45, 2.75) is 13.0 Å². The summed E-state index contributed by atoms with van der Waals surface area (Å²) in [5, 5.41) is 0. The third-order valence-electron chi connectivity index (χ3n) is 2.62. The van der Waals surface area contributed by atoms with Crippen LogP contribution in [-0.4, -0.2) is 38.2 Å². The van der Waals surface area contributed by atoms with Gasteiger partial charge in [-0.2, -0.15) is 0 Å². The number of benzene rings is 1. The number of nitrogens with two attached hydrogens (primary N) is 1. The first kappa shape index (κ1) is 15.9. The molecule has 5 nitrogen and oxygen atoms in total. The number of hydrazine groups is 1. The molecule has 106 valence electrons. The van der Waals surface area contributed by atoms with Gasteiger partial charge in [-0.05, 0) is 18.1 Å². The van der Waals surface area contributed by atoms with Crippen LogP contribution in [0.15, 0.2) is 33.7 Å². The number of halogens is 1. The summed E-state index contributed by atoms with van der Waals surface area (Å²) in [4.78, 5) is 6.40. The molecular weight excluding hydrogens is 308 g/mol.